The largest absolute Gasteiger partial charge is 0.497 e. The monoisotopic (exact) mass is 392 g/mol. The standard InChI is InChI=1S/C19H25ClN4O3/c1-13-12-27-7-6-24(13)19-9-16(20)17(22-23-19)11-21-10-14-4-5-15(25-2)8-18(14)26-3/h4-5,8-9,13,21H,6-7,10-12H2,1-3H3. The van der Waals surface area contributed by atoms with Gasteiger partial charge in [0.15, 0.2) is 5.82 Å². The van der Waals surface area contributed by atoms with Crippen LogP contribution in [0.2, 0.25) is 5.02 Å². The van der Waals surface area contributed by atoms with Gasteiger partial charge >= 0.3 is 0 Å². The lowest BCUT2D eigenvalue weighted by Crippen LogP contribution is -2.44. The average molecular weight is 393 g/mol. The van der Waals surface area contributed by atoms with Gasteiger partial charge in [-0.15, -0.1) is 5.10 Å². The molecular formula is C19H25ClN4O3. The zero-order chi connectivity index (χ0) is 19.2. The summed E-state index contributed by atoms with van der Waals surface area (Å²) in [7, 11) is 3.28. The fourth-order valence-electron chi connectivity index (χ4n) is 3.03. The number of ether oxygens (including phenoxy) is 3. The molecule has 1 unspecified atom stereocenters. The van der Waals surface area contributed by atoms with Gasteiger partial charge < -0.3 is 24.4 Å². The SMILES string of the molecule is COc1ccc(CNCc2nnc(N3CCOCC3C)cc2Cl)c(OC)c1. The first-order chi connectivity index (χ1) is 13.1. The van der Waals surface area contributed by atoms with Crippen molar-refractivity contribution in [3.8, 4) is 11.5 Å². The van der Waals surface area contributed by atoms with Crippen LogP contribution in [0.3, 0.4) is 0 Å². The minimum atomic E-state index is 0.260. The van der Waals surface area contributed by atoms with Gasteiger partial charge in [0.05, 0.1) is 44.2 Å². The molecule has 3 rings (SSSR count). The van der Waals surface area contributed by atoms with Gasteiger partial charge in [-0.25, -0.2) is 0 Å². The van der Waals surface area contributed by atoms with E-state index in [-0.39, 0.29) is 6.04 Å². The van der Waals surface area contributed by atoms with Gasteiger partial charge in [0, 0.05) is 37.3 Å². The zero-order valence-corrected chi connectivity index (χ0v) is 16.6. The molecule has 8 heteroatoms. The Morgan fingerprint density at radius 2 is 2.07 bits per heavy atom. The summed E-state index contributed by atoms with van der Waals surface area (Å²) in [6, 6.07) is 7.88. The second kappa shape index (κ2) is 9.21. The highest BCUT2D eigenvalue weighted by Gasteiger charge is 2.21. The quantitative estimate of drug-likeness (QED) is 0.776. The Balaban J connectivity index is 1.61. The lowest BCUT2D eigenvalue weighted by atomic mass is 10.2. The Morgan fingerprint density at radius 1 is 1.22 bits per heavy atom. The number of anilines is 1. The topological polar surface area (TPSA) is 68.7 Å². The molecule has 2 aromatic rings. The van der Waals surface area contributed by atoms with E-state index >= 15 is 0 Å². The van der Waals surface area contributed by atoms with Crippen LogP contribution in [0.25, 0.3) is 0 Å². The number of hydrogen-bond donors (Lipinski definition) is 1. The van der Waals surface area contributed by atoms with Crippen molar-refractivity contribution in [1.29, 1.82) is 0 Å². The van der Waals surface area contributed by atoms with Crippen molar-refractivity contribution in [2.45, 2.75) is 26.1 Å². The smallest absolute Gasteiger partial charge is 0.153 e. The Labute approximate surface area is 164 Å². The maximum atomic E-state index is 6.43. The lowest BCUT2D eigenvalue weighted by molar-refractivity contribution is 0.0984. The number of nitrogens with zero attached hydrogens (tertiary/aromatic N) is 3. The van der Waals surface area contributed by atoms with Crippen LogP contribution >= 0.6 is 11.6 Å². The van der Waals surface area contributed by atoms with Crippen LogP contribution in [0.5, 0.6) is 11.5 Å². The summed E-state index contributed by atoms with van der Waals surface area (Å²) in [5.41, 5.74) is 1.75. The average Bonchev–Trinajstić information content (AvgIpc) is 2.69. The van der Waals surface area contributed by atoms with Crippen molar-refractivity contribution in [1.82, 2.24) is 15.5 Å². The van der Waals surface area contributed by atoms with E-state index in [4.69, 9.17) is 25.8 Å². The molecule has 27 heavy (non-hydrogen) atoms. The normalized spacial score (nSPS) is 17.0. The van der Waals surface area contributed by atoms with Crippen LogP contribution in [0.4, 0.5) is 5.82 Å². The summed E-state index contributed by atoms with van der Waals surface area (Å²) in [5.74, 6) is 2.32. The highest BCUT2D eigenvalue weighted by molar-refractivity contribution is 6.31. The Kier molecular flexibility index (Phi) is 6.71. The summed E-state index contributed by atoms with van der Waals surface area (Å²) < 4.78 is 16.1. The van der Waals surface area contributed by atoms with Crippen LogP contribution in [0.15, 0.2) is 24.3 Å². The molecule has 0 aliphatic carbocycles. The first kappa shape index (κ1) is 19.7. The summed E-state index contributed by atoms with van der Waals surface area (Å²) >= 11 is 6.43. The summed E-state index contributed by atoms with van der Waals surface area (Å²) in [6.45, 7) is 5.41. The summed E-state index contributed by atoms with van der Waals surface area (Å²) in [5, 5.41) is 12.6. The Bertz CT molecular complexity index is 775. The van der Waals surface area contributed by atoms with E-state index in [2.05, 4.69) is 27.3 Å². The van der Waals surface area contributed by atoms with E-state index in [0.717, 1.165) is 29.4 Å². The predicted molar refractivity (Wildman–Crippen MR) is 105 cm³/mol. The summed E-state index contributed by atoms with van der Waals surface area (Å²) in [4.78, 5) is 2.17. The number of halogens is 1. The van der Waals surface area contributed by atoms with Crippen LogP contribution < -0.4 is 19.7 Å². The first-order valence-corrected chi connectivity index (χ1v) is 9.28. The van der Waals surface area contributed by atoms with Crippen molar-refractivity contribution in [2.75, 3.05) is 38.9 Å². The van der Waals surface area contributed by atoms with Crippen molar-refractivity contribution in [3.63, 3.8) is 0 Å². The number of rotatable bonds is 7. The molecule has 1 aliphatic heterocycles. The lowest BCUT2D eigenvalue weighted by Gasteiger charge is -2.34. The molecule has 0 spiro atoms. The third-order valence-corrected chi connectivity index (χ3v) is 4.90. The molecule has 7 nitrogen and oxygen atoms in total. The van der Waals surface area contributed by atoms with E-state index in [0.29, 0.717) is 37.0 Å². The fraction of sp³-hybridized carbons (Fsp3) is 0.474. The molecular weight excluding hydrogens is 368 g/mol. The highest BCUT2D eigenvalue weighted by atomic mass is 35.5. The molecule has 2 heterocycles. The van der Waals surface area contributed by atoms with E-state index in [1.165, 1.54) is 0 Å². The van der Waals surface area contributed by atoms with Crippen molar-refractivity contribution in [3.05, 3.63) is 40.5 Å². The number of hydrogen-bond acceptors (Lipinski definition) is 7. The maximum absolute atomic E-state index is 6.43. The molecule has 1 N–H and O–H groups in total. The molecule has 0 bridgehead atoms. The van der Waals surface area contributed by atoms with Gasteiger partial charge in [-0.05, 0) is 13.0 Å². The second-order valence-corrected chi connectivity index (χ2v) is 6.80. The maximum Gasteiger partial charge on any atom is 0.153 e. The number of nitrogens with one attached hydrogen (secondary N) is 1. The van der Waals surface area contributed by atoms with Crippen LogP contribution in [-0.2, 0) is 17.8 Å². The second-order valence-electron chi connectivity index (χ2n) is 6.40. The molecule has 1 aromatic carbocycles. The van der Waals surface area contributed by atoms with Crippen LogP contribution in [0, 0.1) is 0 Å². The van der Waals surface area contributed by atoms with Gasteiger partial charge in [0.2, 0.25) is 0 Å². The molecule has 1 aliphatic rings. The highest BCUT2D eigenvalue weighted by Crippen LogP contribution is 2.25. The predicted octanol–water partition coefficient (Wildman–Crippen LogP) is 2.66. The molecule has 0 saturated carbocycles. The minimum absolute atomic E-state index is 0.260. The molecule has 146 valence electrons. The number of benzene rings is 1. The first-order valence-electron chi connectivity index (χ1n) is 8.90. The number of aromatic nitrogens is 2. The molecule has 1 fully saturated rings. The van der Waals surface area contributed by atoms with Crippen molar-refractivity contribution < 1.29 is 14.2 Å². The third kappa shape index (κ3) is 4.80. The van der Waals surface area contributed by atoms with Crippen LogP contribution in [0.1, 0.15) is 18.2 Å². The fourth-order valence-corrected chi connectivity index (χ4v) is 3.23. The molecule has 0 radical (unpaired) electrons. The summed E-state index contributed by atoms with van der Waals surface area (Å²) in [6.07, 6.45) is 0. The van der Waals surface area contributed by atoms with E-state index in [1.807, 2.05) is 24.3 Å². The number of methoxy groups -OCH3 is 2. The van der Waals surface area contributed by atoms with E-state index in [9.17, 15) is 0 Å². The van der Waals surface area contributed by atoms with Gasteiger partial charge in [-0.2, -0.15) is 5.10 Å². The van der Waals surface area contributed by atoms with Gasteiger partial charge in [-0.3, -0.25) is 0 Å². The number of morpholine rings is 1. The van der Waals surface area contributed by atoms with Crippen molar-refractivity contribution in [2.24, 2.45) is 0 Å². The molecule has 0 amide bonds. The molecule has 1 saturated heterocycles. The van der Waals surface area contributed by atoms with Gasteiger partial charge in [-0.1, -0.05) is 17.7 Å². The van der Waals surface area contributed by atoms with Gasteiger partial charge in [0.1, 0.15) is 11.5 Å². The Hall–Kier alpha value is -2.09. The Morgan fingerprint density at radius 3 is 2.78 bits per heavy atom. The molecule has 1 atom stereocenters. The molecule has 1 aromatic heterocycles. The van der Waals surface area contributed by atoms with Crippen LogP contribution in [-0.4, -0.2) is 50.2 Å². The zero-order valence-electron chi connectivity index (χ0n) is 15.9. The van der Waals surface area contributed by atoms with E-state index < -0.39 is 0 Å². The van der Waals surface area contributed by atoms with E-state index in [1.54, 1.807) is 14.2 Å². The minimum Gasteiger partial charge on any atom is -0.497 e. The third-order valence-electron chi connectivity index (χ3n) is 4.57. The van der Waals surface area contributed by atoms with Gasteiger partial charge in [0.25, 0.3) is 0 Å². The van der Waals surface area contributed by atoms with Crippen molar-refractivity contribution >= 4 is 17.4 Å².